The summed E-state index contributed by atoms with van der Waals surface area (Å²) in [5.41, 5.74) is 4.26. The molecular weight excluding hydrogens is 814 g/mol. The van der Waals surface area contributed by atoms with Gasteiger partial charge in [-0.05, 0) is 60.1 Å². The molecule has 5 aromatic rings. The number of ether oxygens (including phenoxy) is 2. The average Bonchev–Trinajstić information content (AvgIpc) is 3.81. The molecule has 2 amide bonds. The van der Waals surface area contributed by atoms with E-state index in [1.807, 2.05) is 47.8 Å². The molecule has 1 atom stereocenters. The highest BCUT2D eigenvalue weighted by atomic mass is 35.5. The number of likely N-dealkylation sites (tertiary alicyclic amines) is 1. The minimum absolute atomic E-state index is 0.0175. The quantitative estimate of drug-likeness (QED) is 0.0648. The molecule has 0 unspecified atom stereocenters. The fourth-order valence-corrected chi connectivity index (χ4v) is 9.91. The van der Waals surface area contributed by atoms with Gasteiger partial charge in [0, 0.05) is 56.3 Å². The molecule has 3 aromatic carbocycles. The van der Waals surface area contributed by atoms with Crippen LogP contribution in [0.15, 0.2) is 70.8 Å². The molecule has 1 fully saturated rings. The number of hydrogen-bond acceptors (Lipinski definition) is 11. The number of rotatable bonds is 15. The van der Waals surface area contributed by atoms with E-state index in [9.17, 15) is 19.5 Å². The molecule has 3 heterocycles. The number of benzene rings is 3. The second kappa shape index (κ2) is 18.8. The van der Waals surface area contributed by atoms with Crippen LogP contribution in [0.4, 0.5) is 16.2 Å². The number of fused-ring (bicyclic) bond motifs is 1. The van der Waals surface area contributed by atoms with Gasteiger partial charge in [0.15, 0.2) is 8.32 Å². The number of piperidine rings is 1. The van der Waals surface area contributed by atoms with Crippen LogP contribution in [0.5, 0.6) is 11.5 Å². The first kappa shape index (κ1) is 43.4. The summed E-state index contributed by atoms with van der Waals surface area (Å²) >= 11 is 9.34. The number of anilines is 2. The summed E-state index contributed by atoms with van der Waals surface area (Å²) in [5.74, 6) is 0.408. The fourth-order valence-electron chi connectivity index (χ4n) is 6.63. The topological polar surface area (TPSA) is 154 Å². The van der Waals surface area contributed by atoms with Gasteiger partial charge in [-0.3, -0.25) is 14.9 Å². The molecule has 12 nitrogen and oxygen atoms in total. The predicted molar refractivity (Wildman–Crippen MR) is 237 cm³/mol. The average molecular weight is 867 g/mol. The fraction of sp³-hybridized carbons (Fsp3) is 0.405. The van der Waals surface area contributed by atoms with Gasteiger partial charge in [0.1, 0.15) is 23.1 Å². The van der Waals surface area contributed by atoms with Gasteiger partial charge in [-0.1, -0.05) is 80.1 Å². The molecule has 6 rings (SSSR count). The third kappa shape index (κ3) is 10.7. The van der Waals surface area contributed by atoms with Crippen molar-refractivity contribution in [3.8, 4) is 21.9 Å². The number of carbonyl (C=O) groups is 2. The summed E-state index contributed by atoms with van der Waals surface area (Å²) in [6.07, 6.45) is 0.560. The van der Waals surface area contributed by atoms with Crippen molar-refractivity contribution in [2.45, 2.75) is 76.9 Å². The van der Waals surface area contributed by atoms with Crippen molar-refractivity contribution >= 4 is 76.2 Å². The van der Waals surface area contributed by atoms with Gasteiger partial charge >= 0.3 is 11.0 Å². The van der Waals surface area contributed by atoms with Gasteiger partial charge in [-0.25, -0.2) is 4.79 Å². The van der Waals surface area contributed by atoms with E-state index in [-0.39, 0.29) is 34.1 Å². The Morgan fingerprint density at radius 2 is 1.79 bits per heavy atom. The molecule has 0 radical (unpaired) electrons. The van der Waals surface area contributed by atoms with Crippen molar-refractivity contribution in [2.75, 3.05) is 43.9 Å². The zero-order valence-electron chi connectivity index (χ0n) is 33.7. The van der Waals surface area contributed by atoms with Gasteiger partial charge in [0.25, 0.3) is 0 Å². The Morgan fingerprint density at radius 1 is 1.05 bits per heavy atom. The zero-order valence-corrected chi connectivity index (χ0v) is 37.1. The van der Waals surface area contributed by atoms with E-state index in [0.717, 1.165) is 38.6 Å². The van der Waals surface area contributed by atoms with Crippen LogP contribution in [0.25, 0.3) is 20.7 Å². The van der Waals surface area contributed by atoms with E-state index >= 15 is 0 Å². The van der Waals surface area contributed by atoms with Gasteiger partial charge < -0.3 is 39.5 Å². The number of amides is 2. The van der Waals surface area contributed by atoms with Crippen molar-refractivity contribution in [1.29, 1.82) is 0 Å². The van der Waals surface area contributed by atoms with Crippen LogP contribution in [0, 0.1) is 0 Å². The Balaban J connectivity index is 0.996. The first-order valence-electron chi connectivity index (χ1n) is 19.3. The number of aromatic amines is 1. The van der Waals surface area contributed by atoms with E-state index in [2.05, 4.69) is 59.7 Å². The summed E-state index contributed by atoms with van der Waals surface area (Å²) in [4.78, 5) is 43.8. The minimum Gasteiger partial charge on any atom is -0.506 e. The van der Waals surface area contributed by atoms with Crippen molar-refractivity contribution < 1.29 is 28.6 Å². The Hall–Kier alpha value is -4.22. The van der Waals surface area contributed by atoms with E-state index in [1.165, 1.54) is 0 Å². The monoisotopic (exact) mass is 865 g/mol. The lowest BCUT2D eigenvalue weighted by Gasteiger charge is -2.39. The first-order valence-corrected chi connectivity index (χ1v) is 24.3. The molecule has 310 valence electrons. The number of phenols is 1. The number of H-pyrrole nitrogens is 1. The smallest absolute Gasteiger partial charge is 0.411 e. The highest BCUT2D eigenvalue weighted by Crippen LogP contribution is 2.42. The zero-order chi connectivity index (χ0) is 41.6. The summed E-state index contributed by atoms with van der Waals surface area (Å²) in [5, 5.41) is 22.1. The van der Waals surface area contributed by atoms with E-state index in [4.69, 9.17) is 25.5 Å². The van der Waals surface area contributed by atoms with Crippen LogP contribution in [0.3, 0.4) is 0 Å². The Bertz CT molecular complexity index is 2270. The SMILES string of the molecule is COc1cc(NC(=O)CCN2CCC(OC(=O)Nc3ccsc3-c3ccccc3)CC2)c(Cl)cc1CNC[C@H](O[Si](C)(C)C(C)(C)C)c1ccc(O)c2[nH]c(=O)sc12. The second-order valence-electron chi connectivity index (χ2n) is 15.9. The first-order chi connectivity index (χ1) is 27.6. The lowest BCUT2D eigenvalue weighted by Crippen LogP contribution is -2.43. The number of phenolic OH excluding ortho intramolecular Hbond substituents is 1. The van der Waals surface area contributed by atoms with Crippen LogP contribution in [-0.2, 0) is 20.5 Å². The molecule has 0 bridgehead atoms. The number of methoxy groups -OCH3 is 1. The van der Waals surface area contributed by atoms with Crippen LogP contribution >= 0.6 is 34.3 Å². The van der Waals surface area contributed by atoms with E-state index in [0.29, 0.717) is 72.2 Å². The predicted octanol–water partition coefficient (Wildman–Crippen LogP) is 9.58. The number of hydrogen-bond donors (Lipinski definition) is 5. The molecule has 5 N–H and O–H groups in total. The molecule has 0 aliphatic carbocycles. The van der Waals surface area contributed by atoms with Crippen LogP contribution in [0.2, 0.25) is 23.2 Å². The highest BCUT2D eigenvalue weighted by molar-refractivity contribution is 7.16. The molecule has 0 saturated carbocycles. The summed E-state index contributed by atoms with van der Waals surface area (Å²) in [6, 6.07) is 18.7. The third-order valence-electron chi connectivity index (χ3n) is 10.9. The largest absolute Gasteiger partial charge is 0.506 e. The summed E-state index contributed by atoms with van der Waals surface area (Å²) in [6.45, 7) is 13.7. The van der Waals surface area contributed by atoms with Crippen molar-refractivity contribution in [3.05, 3.63) is 91.9 Å². The minimum atomic E-state index is -2.27. The van der Waals surface area contributed by atoms with Gasteiger partial charge in [-0.2, -0.15) is 0 Å². The number of halogens is 1. The summed E-state index contributed by atoms with van der Waals surface area (Å²) in [7, 11) is -0.695. The number of aromatic hydroxyl groups is 1. The van der Waals surface area contributed by atoms with Crippen LogP contribution in [-0.4, -0.2) is 74.7 Å². The highest BCUT2D eigenvalue weighted by Gasteiger charge is 2.40. The van der Waals surface area contributed by atoms with E-state index in [1.54, 1.807) is 36.6 Å². The number of nitrogens with one attached hydrogen (secondary N) is 4. The maximum atomic E-state index is 13.1. The molecule has 2 aromatic heterocycles. The number of thiophene rings is 1. The van der Waals surface area contributed by atoms with Crippen molar-refractivity contribution in [2.24, 2.45) is 0 Å². The summed E-state index contributed by atoms with van der Waals surface area (Å²) < 4.78 is 19.0. The normalized spacial score (nSPS) is 14.7. The molecule has 1 saturated heterocycles. The molecule has 16 heteroatoms. The molecule has 1 aliphatic heterocycles. The van der Waals surface area contributed by atoms with Gasteiger partial charge in [0.05, 0.1) is 39.2 Å². The molecule has 1 aliphatic rings. The Labute approximate surface area is 353 Å². The standard InChI is InChI=1S/C42H52ClN5O7S2Si/c1-42(2,3)58(5,6)55-35(29-12-13-33(49)37-39(29)57-41(52)47-37)25-44-24-27-22-30(43)32(23-34(27)53-4)45-36(50)16-20-48-18-14-28(15-19-48)54-40(51)46-31-17-21-56-38(31)26-10-8-7-9-11-26/h7-13,17,21-23,28,35,44,49H,14-16,18-20,24-25H2,1-6H3,(H,45,50)(H,46,51)(H,47,52)/t35-/m0/s1. The third-order valence-corrected chi connectivity index (χ3v) is 17.6. The lowest BCUT2D eigenvalue weighted by molar-refractivity contribution is -0.116. The number of nitrogens with zero attached hydrogens (tertiary/aromatic N) is 1. The lowest BCUT2D eigenvalue weighted by atomic mass is 10.1. The van der Waals surface area contributed by atoms with E-state index < -0.39 is 20.5 Å². The number of aromatic nitrogens is 1. The number of thiazole rings is 1. The Kier molecular flexibility index (Phi) is 14.0. The van der Waals surface area contributed by atoms with Gasteiger partial charge in [0.2, 0.25) is 5.91 Å². The van der Waals surface area contributed by atoms with Gasteiger partial charge in [-0.15, -0.1) is 11.3 Å². The Morgan fingerprint density at radius 3 is 2.50 bits per heavy atom. The van der Waals surface area contributed by atoms with Crippen LogP contribution < -0.4 is 25.6 Å². The number of carbonyl (C=O) groups excluding carboxylic acids is 2. The maximum Gasteiger partial charge on any atom is 0.411 e. The molecule has 58 heavy (non-hydrogen) atoms. The molecule has 0 spiro atoms. The second-order valence-corrected chi connectivity index (χ2v) is 23.0. The molecular formula is C42H52ClN5O7S2Si. The maximum absolute atomic E-state index is 13.1. The van der Waals surface area contributed by atoms with Crippen LogP contribution in [0.1, 0.15) is 57.3 Å². The van der Waals surface area contributed by atoms with Crippen molar-refractivity contribution in [3.63, 3.8) is 0 Å². The van der Waals surface area contributed by atoms with Crippen molar-refractivity contribution in [1.82, 2.24) is 15.2 Å².